The molecule has 3 fully saturated rings. The number of rotatable bonds is 1. The molecule has 5 rings (SSSR count). The molecule has 2 saturated heterocycles. The zero-order chi connectivity index (χ0) is 23.3. The number of hydrogen-bond acceptors (Lipinski definition) is 5. The van der Waals surface area contributed by atoms with E-state index in [1.165, 1.54) is 26.2 Å². The number of allylic oxidation sites excluding steroid dienone is 2. The van der Waals surface area contributed by atoms with Gasteiger partial charge in [-0.2, -0.15) is 0 Å². The van der Waals surface area contributed by atoms with Gasteiger partial charge in [-0.25, -0.2) is 4.39 Å². The van der Waals surface area contributed by atoms with Crippen LogP contribution >= 0.6 is 23.2 Å². The number of para-hydroxylation sites is 1. The van der Waals surface area contributed by atoms with E-state index in [0.717, 1.165) is 15.9 Å². The number of nitrogens with zero attached hydrogens (tertiary/aromatic N) is 2. The lowest BCUT2D eigenvalue weighted by molar-refractivity contribution is -0.140. The summed E-state index contributed by atoms with van der Waals surface area (Å²) in [6, 6.07) is 3.84. The molecule has 1 saturated carbocycles. The monoisotopic (exact) mass is 480 g/mol. The Hall–Kier alpha value is -2.45. The topological polar surface area (TPSA) is 95.0 Å². The molecule has 0 spiro atoms. The Morgan fingerprint density at radius 1 is 1.03 bits per heavy atom. The van der Waals surface area contributed by atoms with Crippen LogP contribution in [0.3, 0.4) is 0 Å². The summed E-state index contributed by atoms with van der Waals surface area (Å²) in [5.74, 6) is -7.10. The van der Waals surface area contributed by atoms with Crippen molar-refractivity contribution >= 4 is 46.8 Å². The van der Waals surface area contributed by atoms with E-state index in [0.29, 0.717) is 5.57 Å². The predicted molar refractivity (Wildman–Crippen MR) is 111 cm³/mol. The zero-order valence-electron chi connectivity index (χ0n) is 17.1. The number of phenols is 1. The number of carbonyl (C=O) groups excluding carboxylic acids is 4. The van der Waals surface area contributed by atoms with Crippen molar-refractivity contribution < 1.29 is 28.7 Å². The van der Waals surface area contributed by atoms with Crippen LogP contribution in [0.15, 0.2) is 29.8 Å². The van der Waals surface area contributed by atoms with Crippen LogP contribution in [0.2, 0.25) is 0 Å². The molecule has 1 aromatic rings. The summed E-state index contributed by atoms with van der Waals surface area (Å²) in [4.78, 5) is 50.0. The third-order valence-corrected chi connectivity index (χ3v) is 8.98. The molecule has 0 aromatic heterocycles. The van der Waals surface area contributed by atoms with Crippen molar-refractivity contribution in [2.24, 2.45) is 17.8 Å². The van der Waals surface area contributed by atoms with Crippen molar-refractivity contribution in [1.82, 2.24) is 9.80 Å². The molecule has 0 radical (unpaired) electrons. The smallest absolute Gasteiger partial charge is 0.253 e. The summed E-state index contributed by atoms with van der Waals surface area (Å²) < 4.78 is 14.3. The molecule has 2 aliphatic heterocycles. The van der Waals surface area contributed by atoms with Gasteiger partial charge < -0.3 is 5.11 Å². The van der Waals surface area contributed by atoms with E-state index in [2.05, 4.69) is 0 Å². The van der Waals surface area contributed by atoms with Crippen molar-refractivity contribution in [3.05, 3.63) is 41.2 Å². The third-order valence-electron chi connectivity index (χ3n) is 7.56. The Morgan fingerprint density at radius 3 is 2.41 bits per heavy atom. The number of carbonyl (C=O) groups is 4. The molecule has 32 heavy (non-hydrogen) atoms. The molecule has 6 atom stereocenters. The highest BCUT2D eigenvalue weighted by Gasteiger charge is 2.76. The highest BCUT2D eigenvalue weighted by Crippen LogP contribution is 2.65. The minimum atomic E-state index is -2.04. The molecular weight excluding hydrogens is 462 g/mol. The van der Waals surface area contributed by atoms with Gasteiger partial charge in [0.1, 0.15) is 0 Å². The lowest BCUT2D eigenvalue weighted by Gasteiger charge is -2.50. The van der Waals surface area contributed by atoms with Gasteiger partial charge in [-0.3, -0.25) is 29.0 Å². The van der Waals surface area contributed by atoms with Gasteiger partial charge in [-0.15, -0.1) is 23.2 Å². The van der Waals surface area contributed by atoms with Gasteiger partial charge in [-0.1, -0.05) is 23.8 Å². The minimum absolute atomic E-state index is 0.000928. The Morgan fingerprint density at radius 2 is 1.72 bits per heavy atom. The fourth-order valence-electron chi connectivity index (χ4n) is 6.01. The van der Waals surface area contributed by atoms with Crippen LogP contribution in [0, 0.1) is 23.6 Å². The first-order chi connectivity index (χ1) is 15.0. The number of hydrogen-bond donors (Lipinski definition) is 1. The van der Waals surface area contributed by atoms with Crippen LogP contribution in [-0.4, -0.2) is 62.4 Å². The summed E-state index contributed by atoms with van der Waals surface area (Å²) in [7, 11) is 2.67. The molecular formula is C22H19Cl2FN2O5. The molecule has 1 N–H and O–H groups in total. The Bertz CT molecular complexity index is 1160. The van der Waals surface area contributed by atoms with E-state index in [1.807, 2.05) is 0 Å². The normalized spacial score (nSPS) is 38.6. The van der Waals surface area contributed by atoms with Crippen molar-refractivity contribution in [3.8, 4) is 5.75 Å². The van der Waals surface area contributed by atoms with Gasteiger partial charge in [-0.05, 0) is 24.8 Å². The molecule has 168 valence electrons. The lowest BCUT2D eigenvalue weighted by Crippen LogP contribution is -2.60. The lowest BCUT2D eigenvalue weighted by atomic mass is 9.56. The molecule has 4 aliphatic rings. The summed E-state index contributed by atoms with van der Waals surface area (Å²) in [6.07, 6.45) is 1.81. The van der Waals surface area contributed by atoms with Gasteiger partial charge >= 0.3 is 0 Å². The second kappa shape index (κ2) is 6.54. The molecule has 7 nitrogen and oxygen atoms in total. The molecule has 1 aromatic carbocycles. The summed E-state index contributed by atoms with van der Waals surface area (Å²) >= 11 is 13.8. The predicted octanol–water partition coefficient (Wildman–Crippen LogP) is 2.15. The van der Waals surface area contributed by atoms with Crippen LogP contribution in [0.25, 0.3) is 0 Å². The van der Waals surface area contributed by atoms with Gasteiger partial charge in [0.15, 0.2) is 21.3 Å². The van der Waals surface area contributed by atoms with Crippen LogP contribution in [0.5, 0.6) is 5.75 Å². The fraction of sp³-hybridized carbons (Fsp3) is 0.455. The first kappa shape index (κ1) is 21.4. The number of amides is 4. The Labute approximate surface area is 192 Å². The van der Waals surface area contributed by atoms with E-state index >= 15 is 0 Å². The highest BCUT2D eigenvalue weighted by molar-refractivity contribution is 6.53. The second-order valence-electron chi connectivity index (χ2n) is 8.91. The number of fused-ring (bicyclic) bond motifs is 4. The summed E-state index contributed by atoms with van der Waals surface area (Å²) in [5.41, 5.74) is 0.507. The first-order valence-corrected chi connectivity index (χ1v) is 10.9. The van der Waals surface area contributed by atoms with Crippen molar-refractivity contribution in [3.63, 3.8) is 0 Å². The summed E-state index contributed by atoms with van der Waals surface area (Å²) in [5, 5.41) is 10.6. The molecule has 2 heterocycles. The second-order valence-corrected chi connectivity index (χ2v) is 10.2. The maximum Gasteiger partial charge on any atom is 0.253 e. The standard InChI is InChI=1S/C22H19Cl2FN2O5/c1-26-17(29)10-7-6-9-12(14(10)18(26)30)8-21(23)19(31)27(2)20(32)22(21,24)15(9)11-4-3-5-13(25)16(11)28/h3-6,10,12,14-15,28H,7-8H2,1-2H3. The van der Waals surface area contributed by atoms with Crippen LogP contribution < -0.4 is 0 Å². The Kier molecular flexibility index (Phi) is 4.38. The van der Waals surface area contributed by atoms with Gasteiger partial charge in [0, 0.05) is 25.6 Å². The third kappa shape index (κ3) is 2.27. The molecule has 6 unspecified atom stereocenters. The highest BCUT2D eigenvalue weighted by atomic mass is 35.5. The van der Waals surface area contributed by atoms with Gasteiger partial charge in [0.25, 0.3) is 11.8 Å². The van der Waals surface area contributed by atoms with Crippen molar-refractivity contribution in [2.75, 3.05) is 14.1 Å². The maximum absolute atomic E-state index is 14.3. The van der Waals surface area contributed by atoms with E-state index < -0.39 is 62.7 Å². The number of alkyl halides is 2. The van der Waals surface area contributed by atoms with Crippen LogP contribution in [0.4, 0.5) is 4.39 Å². The zero-order valence-corrected chi connectivity index (χ0v) is 18.7. The maximum atomic E-state index is 14.3. The molecule has 10 heteroatoms. The van der Waals surface area contributed by atoms with Gasteiger partial charge in [0.2, 0.25) is 11.8 Å². The first-order valence-electron chi connectivity index (χ1n) is 10.2. The van der Waals surface area contributed by atoms with E-state index in [4.69, 9.17) is 23.2 Å². The van der Waals surface area contributed by atoms with E-state index in [-0.39, 0.29) is 24.3 Å². The fourth-order valence-corrected chi connectivity index (χ4v) is 7.02. The molecule has 2 aliphatic carbocycles. The summed E-state index contributed by atoms with van der Waals surface area (Å²) in [6.45, 7) is 0. The number of benzene rings is 1. The van der Waals surface area contributed by atoms with E-state index in [1.54, 1.807) is 6.08 Å². The van der Waals surface area contributed by atoms with Crippen LogP contribution in [0.1, 0.15) is 24.3 Å². The van der Waals surface area contributed by atoms with Crippen LogP contribution in [-0.2, 0) is 19.2 Å². The average Bonchev–Trinajstić information content (AvgIpc) is 3.06. The van der Waals surface area contributed by atoms with E-state index in [9.17, 15) is 28.7 Å². The van der Waals surface area contributed by atoms with Gasteiger partial charge in [0.05, 0.1) is 11.8 Å². The van der Waals surface area contributed by atoms with Crippen molar-refractivity contribution in [2.45, 2.75) is 28.5 Å². The number of aromatic hydroxyl groups is 1. The molecule has 0 bridgehead atoms. The average molecular weight is 481 g/mol. The van der Waals surface area contributed by atoms with Crippen molar-refractivity contribution in [1.29, 1.82) is 0 Å². The Balaban J connectivity index is 1.78. The number of likely N-dealkylation sites (tertiary alicyclic amines) is 2. The largest absolute Gasteiger partial charge is 0.505 e. The SMILES string of the molecule is CN1C(=O)C2CC=C3C(CC4(Cl)C(=O)N(C)C(=O)C4(Cl)C3c3cccc(F)c3O)C2C1=O. The number of halogens is 3. The minimum Gasteiger partial charge on any atom is -0.505 e. The molecule has 4 amide bonds. The quantitative estimate of drug-likeness (QED) is 0.377. The number of imide groups is 2. The number of phenolic OH excluding ortho intramolecular Hbond substituents is 1.